The van der Waals surface area contributed by atoms with E-state index in [4.69, 9.17) is 5.73 Å². The van der Waals surface area contributed by atoms with E-state index in [0.29, 0.717) is 29.4 Å². The van der Waals surface area contributed by atoms with E-state index in [1.807, 2.05) is 0 Å². The number of benzene rings is 2. The molecule has 3 rings (SSSR count). The first kappa shape index (κ1) is 15.7. The molecule has 0 spiro atoms. The van der Waals surface area contributed by atoms with Crippen molar-refractivity contribution in [1.29, 1.82) is 0 Å². The minimum absolute atomic E-state index is 0.101. The predicted molar refractivity (Wildman–Crippen MR) is 83.8 cm³/mol. The molecule has 23 heavy (non-hydrogen) atoms. The molecule has 4 N–H and O–H groups in total. The van der Waals surface area contributed by atoms with Gasteiger partial charge in [-0.2, -0.15) is 8.42 Å². The van der Waals surface area contributed by atoms with Crippen molar-refractivity contribution in [2.45, 2.75) is 23.5 Å². The summed E-state index contributed by atoms with van der Waals surface area (Å²) in [6.45, 7) is 0.413. The van der Waals surface area contributed by atoms with Gasteiger partial charge >= 0.3 is 16.1 Å². The molecule has 8 heteroatoms. The summed E-state index contributed by atoms with van der Waals surface area (Å²) in [5, 5.41) is 13.5. The molecule has 0 aliphatic carbocycles. The minimum Gasteiger partial charge on any atom is -0.398 e. The van der Waals surface area contributed by atoms with E-state index in [9.17, 15) is 18.3 Å². The van der Waals surface area contributed by atoms with Gasteiger partial charge in [0.2, 0.25) is 5.72 Å². The van der Waals surface area contributed by atoms with Gasteiger partial charge in [0.05, 0.1) is 0 Å². The Morgan fingerprint density at radius 2 is 1.91 bits per heavy atom. The Morgan fingerprint density at radius 1 is 1.22 bits per heavy atom. The molecule has 122 valence electrons. The summed E-state index contributed by atoms with van der Waals surface area (Å²) >= 11 is 0. The first-order valence-corrected chi connectivity index (χ1v) is 8.48. The molecular formula is C15H16N2O5S. The summed E-state index contributed by atoms with van der Waals surface area (Å²) < 4.78 is 29.5. The summed E-state index contributed by atoms with van der Waals surface area (Å²) in [7, 11) is -4.38. The van der Waals surface area contributed by atoms with E-state index < -0.39 is 21.8 Å². The molecule has 1 fully saturated rings. The van der Waals surface area contributed by atoms with Crippen LogP contribution in [0.5, 0.6) is 0 Å². The quantitative estimate of drug-likeness (QED) is 0.558. The Hall–Kier alpha value is -2.16. The Labute approximate surface area is 133 Å². The fourth-order valence-corrected chi connectivity index (χ4v) is 3.74. The van der Waals surface area contributed by atoms with Gasteiger partial charge in [0, 0.05) is 22.9 Å². The van der Waals surface area contributed by atoms with Crippen LogP contribution >= 0.6 is 0 Å². The number of nitrogens with one attached hydrogen (secondary N) is 1. The number of fused-ring (bicyclic) bond motifs is 1. The number of anilines is 1. The first-order chi connectivity index (χ1) is 10.8. The minimum atomic E-state index is -4.38. The number of hydrogen-bond donors (Lipinski definition) is 3. The van der Waals surface area contributed by atoms with Crippen molar-refractivity contribution in [3.63, 3.8) is 0 Å². The summed E-state index contributed by atoms with van der Waals surface area (Å²) in [5.41, 5.74) is 4.29. The van der Waals surface area contributed by atoms with Crippen LogP contribution in [0.2, 0.25) is 0 Å². The summed E-state index contributed by atoms with van der Waals surface area (Å²) in [5.74, 6) is -1.23. The predicted octanol–water partition coefficient (Wildman–Crippen LogP) is 0.726. The molecule has 1 atom stereocenters. The fraction of sp³-hybridized carbons (Fsp3) is 0.267. The van der Waals surface area contributed by atoms with Crippen LogP contribution in [0.1, 0.15) is 12.8 Å². The van der Waals surface area contributed by atoms with E-state index >= 15 is 0 Å². The smallest absolute Gasteiger partial charge is 0.369 e. The van der Waals surface area contributed by atoms with Crippen molar-refractivity contribution in [3.05, 3.63) is 36.4 Å². The molecule has 7 nitrogen and oxygen atoms in total. The van der Waals surface area contributed by atoms with Gasteiger partial charge in [-0.1, -0.05) is 24.3 Å². The second-order valence-electron chi connectivity index (χ2n) is 5.41. The molecule has 1 saturated heterocycles. The van der Waals surface area contributed by atoms with Crippen molar-refractivity contribution in [2.75, 3.05) is 12.3 Å². The summed E-state index contributed by atoms with van der Waals surface area (Å²) in [4.78, 5) is 11.9. The maximum Gasteiger partial charge on any atom is 0.369 e. The summed E-state index contributed by atoms with van der Waals surface area (Å²) in [6, 6.07) is 9.37. The summed E-state index contributed by atoms with van der Waals surface area (Å²) in [6.07, 6.45) is 0.653. The van der Waals surface area contributed by atoms with Gasteiger partial charge in [-0.15, -0.1) is 0 Å². The van der Waals surface area contributed by atoms with E-state index in [1.165, 1.54) is 12.1 Å². The molecular weight excluding hydrogens is 320 g/mol. The highest BCUT2D eigenvalue weighted by atomic mass is 32.2. The third kappa shape index (κ3) is 2.76. The van der Waals surface area contributed by atoms with Crippen LogP contribution in [0.3, 0.4) is 0 Å². The van der Waals surface area contributed by atoms with Crippen LogP contribution in [0, 0.1) is 0 Å². The first-order valence-electron chi connectivity index (χ1n) is 7.07. The third-order valence-electron chi connectivity index (χ3n) is 3.84. The van der Waals surface area contributed by atoms with Crippen LogP contribution in [0.4, 0.5) is 5.69 Å². The highest BCUT2D eigenvalue weighted by Gasteiger charge is 2.43. The number of aliphatic hydroxyl groups is 1. The Kier molecular flexibility index (Phi) is 3.75. The highest BCUT2D eigenvalue weighted by Crippen LogP contribution is 2.29. The number of rotatable bonds is 3. The topological polar surface area (TPSA) is 119 Å². The molecule has 0 aromatic heterocycles. The van der Waals surface area contributed by atoms with Gasteiger partial charge in [0.25, 0.3) is 0 Å². The standard InChI is InChI=1S/C15H16N2O5S/c16-12-6-7-13(11-5-2-1-4-10(11)12)23(20,21)22-14(18)15(19)8-3-9-17-15/h1-2,4-7,17,19H,3,8-9,16H2/t15-/m1/s1. The Bertz CT molecular complexity index is 873. The zero-order valence-electron chi connectivity index (χ0n) is 12.2. The van der Waals surface area contributed by atoms with Crippen LogP contribution in [-0.2, 0) is 19.1 Å². The van der Waals surface area contributed by atoms with E-state index in [-0.39, 0.29) is 11.3 Å². The average molecular weight is 336 g/mol. The van der Waals surface area contributed by atoms with E-state index in [0.717, 1.165) is 0 Å². The van der Waals surface area contributed by atoms with Crippen molar-refractivity contribution in [2.24, 2.45) is 0 Å². The maximum absolute atomic E-state index is 12.4. The zero-order chi connectivity index (χ0) is 16.7. The molecule has 1 heterocycles. The normalized spacial score (nSPS) is 21.4. The van der Waals surface area contributed by atoms with Gasteiger partial charge < -0.3 is 15.0 Å². The molecule has 1 aliphatic heterocycles. The molecule has 0 saturated carbocycles. The third-order valence-corrected chi connectivity index (χ3v) is 5.11. The molecule has 2 aromatic carbocycles. The lowest BCUT2D eigenvalue weighted by Crippen LogP contribution is -2.49. The average Bonchev–Trinajstić information content (AvgIpc) is 2.95. The monoisotopic (exact) mass is 336 g/mol. The Balaban J connectivity index is 2.01. The van der Waals surface area contributed by atoms with Crippen LogP contribution < -0.4 is 11.1 Å². The number of carbonyl (C=O) groups is 1. The molecule has 1 aliphatic rings. The van der Waals surface area contributed by atoms with Gasteiger partial charge in [0.15, 0.2) is 0 Å². The highest BCUT2D eigenvalue weighted by molar-refractivity contribution is 7.87. The number of carbonyl (C=O) groups excluding carboxylic acids is 1. The lowest BCUT2D eigenvalue weighted by Gasteiger charge is -2.20. The van der Waals surface area contributed by atoms with Crippen LogP contribution in [0.15, 0.2) is 41.3 Å². The number of hydrogen-bond acceptors (Lipinski definition) is 7. The lowest BCUT2D eigenvalue weighted by atomic mass is 10.1. The van der Waals surface area contributed by atoms with Crippen molar-refractivity contribution < 1.29 is 22.5 Å². The molecule has 0 bridgehead atoms. The molecule has 0 unspecified atom stereocenters. The van der Waals surface area contributed by atoms with E-state index in [1.54, 1.807) is 24.3 Å². The number of nitrogen functional groups attached to an aromatic ring is 1. The maximum atomic E-state index is 12.4. The SMILES string of the molecule is Nc1ccc(S(=O)(=O)OC(=O)[C@]2(O)CCCN2)c2ccccc12. The van der Waals surface area contributed by atoms with Crippen molar-refractivity contribution in [1.82, 2.24) is 5.32 Å². The molecule has 0 amide bonds. The van der Waals surface area contributed by atoms with E-state index in [2.05, 4.69) is 9.50 Å². The van der Waals surface area contributed by atoms with Gasteiger partial charge in [-0.3, -0.25) is 5.32 Å². The van der Waals surface area contributed by atoms with Crippen LogP contribution in [0.25, 0.3) is 10.8 Å². The number of nitrogens with two attached hydrogens (primary N) is 1. The Morgan fingerprint density at radius 3 is 2.57 bits per heavy atom. The van der Waals surface area contributed by atoms with Gasteiger partial charge in [-0.25, -0.2) is 4.79 Å². The molecule has 0 radical (unpaired) electrons. The fourth-order valence-electron chi connectivity index (χ4n) is 2.63. The van der Waals surface area contributed by atoms with Crippen LogP contribution in [-0.4, -0.2) is 31.8 Å². The molecule has 2 aromatic rings. The van der Waals surface area contributed by atoms with Crippen molar-refractivity contribution >= 4 is 32.5 Å². The lowest BCUT2D eigenvalue weighted by molar-refractivity contribution is -0.156. The largest absolute Gasteiger partial charge is 0.398 e. The van der Waals surface area contributed by atoms with Gasteiger partial charge in [0.1, 0.15) is 4.90 Å². The van der Waals surface area contributed by atoms with Crippen molar-refractivity contribution in [3.8, 4) is 0 Å². The second kappa shape index (κ2) is 5.48. The van der Waals surface area contributed by atoms with Gasteiger partial charge in [-0.05, 0) is 25.1 Å². The zero-order valence-corrected chi connectivity index (χ0v) is 13.0. The second-order valence-corrected chi connectivity index (χ2v) is 6.93.